The topological polar surface area (TPSA) is 66.7 Å². The average Bonchev–Trinajstić information content (AvgIpc) is 2.95. The molecular weight excluding hydrogens is 360 g/mol. The van der Waals surface area contributed by atoms with Crippen molar-refractivity contribution >= 4 is 23.2 Å². The number of aryl methyl sites for hydroxylation is 2. The Morgan fingerprint density at radius 2 is 1.89 bits per heavy atom. The van der Waals surface area contributed by atoms with E-state index in [1.54, 1.807) is 12.1 Å². The molecular formula is C20H28N4O2S. The van der Waals surface area contributed by atoms with Crippen molar-refractivity contribution in [2.75, 3.05) is 27.2 Å². The van der Waals surface area contributed by atoms with Gasteiger partial charge >= 0.3 is 0 Å². The van der Waals surface area contributed by atoms with Crippen molar-refractivity contribution < 1.29 is 9.59 Å². The van der Waals surface area contributed by atoms with Crippen molar-refractivity contribution in [1.29, 1.82) is 0 Å². The second-order valence-electron chi connectivity index (χ2n) is 6.83. The molecule has 0 aliphatic carbocycles. The molecule has 6 nitrogen and oxygen atoms in total. The number of amides is 2. The molecule has 0 bridgehead atoms. The highest BCUT2D eigenvalue weighted by Gasteiger charge is 2.20. The van der Waals surface area contributed by atoms with Gasteiger partial charge in [-0.1, -0.05) is 24.6 Å². The van der Waals surface area contributed by atoms with Crippen LogP contribution in [0.4, 0.5) is 0 Å². The van der Waals surface area contributed by atoms with Crippen LogP contribution in [0.5, 0.6) is 0 Å². The Morgan fingerprint density at radius 3 is 2.48 bits per heavy atom. The van der Waals surface area contributed by atoms with Gasteiger partial charge in [0.15, 0.2) is 4.80 Å². The summed E-state index contributed by atoms with van der Waals surface area (Å²) in [5, 5.41) is 2.97. The number of carbonyl (C=O) groups excluding carboxylic acids is 2. The van der Waals surface area contributed by atoms with Crippen LogP contribution in [0.1, 0.15) is 40.2 Å². The van der Waals surface area contributed by atoms with Crippen LogP contribution in [0, 0.1) is 13.8 Å². The van der Waals surface area contributed by atoms with Crippen LogP contribution >= 0.6 is 11.3 Å². The van der Waals surface area contributed by atoms with E-state index in [1.165, 1.54) is 11.3 Å². The molecule has 2 rings (SSSR count). The van der Waals surface area contributed by atoms with Crippen molar-refractivity contribution in [3.05, 3.63) is 51.3 Å². The van der Waals surface area contributed by atoms with Crippen LogP contribution in [0.3, 0.4) is 0 Å². The average molecular weight is 389 g/mol. The number of likely N-dealkylation sites (N-methyl/N-ethyl adjacent to an activating group) is 1. The molecule has 0 spiro atoms. The summed E-state index contributed by atoms with van der Waals surface area (Å²) in [5.41, 5.74) is 1.63. The third-order valence-corrected chi connectivity index (χ3v) is 5.09. The van der Waals surface area contributed by atoms with E-state index >= 15 is 0 Å². The molecule has 1 aromatic heterocycles. The van der Waals surface area contributed by atoms with Gasteiger partial charge in [-0.25, -0.2) is 0 Å². The molecule has 2 aromatic rings. The van der Waals surface area contributed by atoms with E-state index in [0.29, 0.717) is 23.3 Å². The third kappa shape index (κ3) is 5.87. The second-order valence-corrected chi connectivity index (χ2v) is 8.05. The molecule has 1 N–H and O–H groups in total. The maximum atomic E-state index is 12.6. The van der Waals surface area contributed by atoms with E-state index < -0.39 is 0 Å². The van der Waals surface area contributed by atoms with E-state index in [2.05, 4.69) is 10.3 Å². The number of nitrogens with one attached hydrogen (secondary N) is 1. The summed E-state index contributed by atoms with van der Waals surface area (Å²) in [6.07, 6.45) is 2.52. The number of hydrogen-bond donors (Lipinski definition) is 1. The van der Waals surface area contributed by atoms with E-state index in [9.17, 15) is 9.59 Å². The van der Waals surface area contributed by atoms with Crippen LogP contribution in [0.15, 0.2) is 35.5 Å². The lowest BCUT2D eigenvalue weighted by Gasteiger charge is -2.18. The maximum absolute atomic E-state index is 12.6. The van der Waals surface area contributed by atoms with Gasteiger partial charge in [0.2, 0.25) is 5.91 Å². The highest BCUT2D eigenvalue weighted by Crippen LogP contribution is 2.14. The largest absolute Gasteiger partial charge is 0.353 e. The molecule has 2 amide bonds. The van der Waals surface area contributed by atoms with Crippen molar-refractivity contribution in [3.8, 4) is 0 Å². The number of hydrogen-bond acceptors (Lipinski definition) is 4. The second kappa shape index (κ2) is 9.62. The minimum atomic E-state index is -0.387. The molecule has 0 saturated heterocycles. The first kappa shape index (κ1) is 21.1. The Balaban J connectivity index is 2.28. The van der Waals surface area contributed by atoms with E-state index in [1.807, 2.05) is 62.7 Å². The fraction of sp³-hybridized carbons (Fsp3) is 0.450. The molecule has 1 aromatic carbocycles. The molecule has 0 saturated carbocycles. The fourth-order valence-electron chi connectivity index (χ4n) is 2.65. The summed E-state index contributed by atoms with van der Waals surface area (Å²) in [6.45, 7) is 7.25. The summed E-state index contributed by atoms with van der Waals surface area (Å²) in [5.74, 6) is -0.352. The zero-order valence-electron chi connectivity index (χ0n) is 16.7. The van der Waals surface area contributed by atoms with Crippen molar-refractivity contribution in [2.45, 2.75) is 33.2 Å². The zero-order chi connectivity index (χ0) is 20.0. The van der Waals surface area contributed by atoms with E-state index in [0.717, 1.165) is 17.0 Å². The van der Waals surface area contributed by atoms with Gasteiger partial charge in [-0.2, -0.15) is 4.99 Å². The predicted molar refractivity (Wildman–Crippen MR) is 109 cm³/mol. The van der Waals surface area contributed by atoms with Crippen LogP contribution < -0.4 is 10.1 Å². The predicted octanol–water partition coefficient (Wildman–Crippen LogP) is 2.54. The monoisotopic (exact) mass is 388 g/mol. The Hall–Kier alpha value is -2.25. The summed E-state index contributed by atoms with van der Waals surface area (Å²) >= 11 is 1.42. The number of nitrogens with zero attached hydrogens (tertiary/aromatic N) is 3. The fourth-order valence-corrected chi connectivity index (χ4v) is 3.52. The molecule has 146 valence electrons. The SMILES string of the molecule is CC[C@H](C(=O)NCCN(C)C)n1cc(C)sc1=NC(=O)c1ccc(C)cc1. The molecule has 0 aliphatic heterocycles. The number of benzene rings is 1. The first-order chi connectivity index (χ1) is 12.8. The molecule has 27 heavy (non-hydrogen) atoms. The van der Waals surface area contributed by atoms with Crippen molar-refractivity contribution in [1.82, 2.24) is 14.8 Å². The molecule has 0 aliphatic rings. The van der Waals surface area contributed by atoms with Gasteiger partial charge in [0.05, 0.1) is 0 Å². The number of aromatic nitrogens is 1. The molecule has 1 atom stereocenters. The van der Waals surface area contributed by atoms with E-state index in [4.69, 9.17) is 0 Å². The van der Waals surface area contributed by atoms with Gasteiger partial charge in [-0.05, 0) is 46.5 Å². The van der Waals surface area contributed by atoms with Gasteiger partial charge in [0.1, 0.15) is 6.04 Å². The Kier molecular flexibility index (Phi) is 7.50. The van der Waals surface area contributed by atoms with E-state index in [-0.39, 0.29) is 17.9 Å². The summed E-state index contributed by atoms with van der Waals surface area (Å²) in [7, 11) is 3.93. The molecule has 0 unspecified atom stereocenters. The molecule has 7 heteroatoms. The van der Waals surface area contributed by atoms with Gasteiger partial charge < -0.3 is 14.8 Å². The highest BCUT2D eigenvalue weighted by molar-refractivity contribution is 7.09. The Bertz CT molecular complexity index is 850. The quantitative estimate of drug-likeness (QED) is 0.793. The summed E-state index contributed by atoms with van der Waals surface area (Å²) in [4.78, 5) is 33.0. The third-order valence-electron chi connectivity index (χ3n) is 4.17. The first-order valence-electron chi connectivity index (χ1n) is 9.08. The van der Waals surface area contributed by atoms with Crippen molar-refractivity contribution in [3.63, 3.8) is 0 Å². The maximum Gasteiger partial charge on any atom is 0.279 e. The smallest absolute Gasteiger partial charge is 0.279 e. The van der Waals surface area contributed by atoms with Crippen LogP contribution in [0.2, 0.25) is 0 Å². The van der Waals surface area contributed by atoms with Gasteiger partial charge in [-0.3, -0.25) is 9.59 Å². The standard InChI is InChI=1S/C20H28N4O2S/c1-6-17(19(26)21-11-12-23(4)5)24-13-15(3)27-20(24)22-18(25)16-9-7-14(2)8-10-16/h7-10,13,17H,6,11-12H2,1-5H3,(H,21,26)/t17-/m1/s1. The van der Waals surface area contributed by atoms with Gasteiger partial charge in [-0.15, -0.1) is 11.3 Å². The minimum Gasteiger partial charge on any atom is -0.353 e. The van der Waals surface area contributed by atoms with Crippen LogP contribution in [-0.4, -0.2) is 48.5 Å². The van der Waals surface area contributed by atoms with Crippen LogP contribution in [-0.2, 0) is 4.79 Å². The number of thiazole rings is 1. The molecule has 0 fully saturated rings. The zero-order valence-corrected chi connectivity index (χ0v) is 17.5. The molecule has 0 radical (unpaired) electrons. The Labute approximate surface area is 164 Å². The first-order valence-corrected chi connectivity index (χ1v) is 9.90. The lowest BCUT2D eigenvalue weighted by molar-refractivity contribution is -0.124. The Morgan fingerprint density at radius 1 is 1.22 bits per heavy atom. The van der Waals surface area contributed by atoms with Crippen molar-refractivity contribution in [2.24, 2.45) is 4.99 Å². The normalized spacial score (nSPS) is 13.0. The number of rotatable bonds is 7. The highest BCUT2D eigenvalue weighted by atomic mass is 32.1. The molecule has 1 heterocycles. The lowest BCUT2D eigenvalue weighted by atomic mass is 10.1. The van der Waals surface area contributed by atoms with Gasteiger partial charge in [0.25, 0.3) is 5.91 Å². The lowest BCUT2D eigenvalue weighted by Crippen LogP contribution is -2.38. The number of carbonyl (C=O) groups is 2. The summed E-state index contributed by atoms with van der Waals surface area (Å²) < 4.78 is 1.82. The van der Waals surface area contributed by atoms with Gasteiger partial charge in [0, 0.05) is 29.7 Å². The minimum absolute atomic E-state index is 0.0543. The summed E-state index contributed by atoms with van der Waals surface area (Å²) in [6, 6.07) is 6.95. The van der Waals surface area contributed by atoms with Crippen LogP contribution in [0.25, 0.3) is 0 Å².